The molecule has 2 heterocycles. The Kier molecular flexibility index (Phi) is 3.65. The van der Waals surface area contributed by atoms with Gasteiger partial charge in [0.1, 0.15) is 11.3 Å². The maximum absolute atomic E-state index is 6.35. The van der Waals surface area contributed by atoms with Gasteiger partial charge >= 0.3 is 0 Å². The Labute approximate surface area is 202 Å². The summed E-state index contributed by atoms with van der Waals surface area (Å²) >= 11 is 0. The molecule has 0 fully saturated rings. The zero-order valence-electron chi connectivity index (χ0n) is 19.2. The third kappa shape index (κ3) is 2.50. The minimum absolute atomic E-state index is 0.348. The van der Waals surface area contributed by atoms with Crippen molar-refractivity contribution in [1.29, 1.82) is 0 Å². The van der Waals surface area contributed by atoms with E-state index in [1.807, 2.05) is 7.05 Å². The summed E-state index contributed by atoms with van der Waals surface area (Å²) in [7, 11) is 2.01. The van der Waals surface area contributed by atoms with Crippen LogP contribution in [0.5, 0.6) is 0 Å². The molecule has 1 N–H and O–H groups in total. The van der Waals surface area contributed by atoms with Crippen molar-refractivity contribution in [3.8, 4) is 16.8 Å². The topological polar surface area (TPSA) is 30.1 Å². The zero-order chi connectivity index (χ0) is 23.1. The molecule has 0 spiro atoms. The molecule has 0 amide bonds. The van der Waals surface area contributed by atoms with Crippen molar-refractivity contribution in [2.24, 2.45) is 0 Å². The van der Waals surface area contributed by atoms with Crippen LogP contribution in [0.15, 0.2) is 107 Å². The number of anilines is 1. The first kappa shape index (κ1) is 18.9. The van der Waals surface area contributed by atoms with Crippen LogP contribution in [-0.2, 0) is 0 Å². The van der Waals surface area contributed by atoms with Crippen molar-refractivity contribution < 1.29 is 4.42 Å². The highest BCUT2D eigenvalue weighted by Gasteiger charge is 2.34. The van der Waals surface area contributed by atoms with Crippen molar-refractivity contribution >= 4 is 44.5 Å². The molecule has 1 unspecified atom stereocenters. The maximum atomic E-state index is 6.35. The predicted molar refractivity (Wildman–Crippen MR) is 145 cm³/mol. The number of para-hydroxylation sites is 3. The highest BCUT2D eigenvalue weighted by Crippen LogP contribution is 2.51. The molecule has 0 saturated carbocycles. The fourth-order valence-electron chi connectivity index (χ4n) is 5.90. The van der Waals surface area contributed by atoms with Crippen LogP contribution in [0.2, 0.25) is 0 Å². The first-order valence-electron chi connectivity index (χ1n) is 12.1. The number of hydrogen-bond donors (Lipinski definition) is 1. The van der Waals surface area contributed by atoms with Crippen molar-refractivity contribution in [1.82, 2.24) is 4.57 Å². The average Bonchev–Trinajstić information content (AvgIpc) is 3.51. The predicted octanol–water partition coefficient (Wildman–Crippen LogP) is 8.29. The van der Waals surface area contributed by atoms with E-state index in [2.05, 4.69) is 113 Å². The molecular weight excluding hydrogens is 428 g/mol. The van der Waals surface area contributed by atoms with Gasteiger partial charge in [-0.25, -0.2) is 0 Å². The molecule has 166 valence electrons. The Morgan fingerprint density at radius 2 is 1.46 bits per heavy atom. The van der Waals surface area contributed by atoms with Crippen LogP contribution in [0.1, 0.15) is 17.2 Å². The van der Waals surface area contributed by atoms with E-state index < -0.39 is 0 Å². The summed E-state index contributed by atoms with van der Waals surface area (Å²) in [5.41, 5.74) is 10.5. The van der Waals surface area contributed by atoms with Gasteiger partial charge in [0.2, 0.25) is 0 Å². The molecule has 0 aliphatic heterocycles. The van der Waals surface area contributed by atoms with Gasteiger partial charge in [0.25, 0.3) is 0 Å². The molecule has 35 heavy (non-hydrogen) atoms. The number of benzene rings is 4. The second-order valence-corrected chi connectivity index (χ2v) is 9.36. The molecule has 8 rings (SSSR count). The summed E-state index contributed by atoms with van der Waals surface area (Å²) in [6.07, 6.45) is 6.70. The quantitative estimate of drug-likeness (QED) is 0.294. The molecule has 3 nitrogen and oxygen atoms in total. The molecule has 2 aromatic heterocycles. The SMILES string of the molecule is CNc1c(-c2ccccc2-n2c3ccccc3c3ccccc32)ccc2oc3c(c12)C=CC1=CC13. The molecule has 0 bridgehead atoms. The van der Waals surface area contributed by atoms with E-state index in [9.17, 15) is 0 Å². The highest BCUT2D eigenvalue weighted by molar-refractivity contribution is 6.11. The van der Waals surface area contributed by atoms with Gasteiger partial charge in [-0.2, -0.15) is 0 Å². The lowest BCUT2D eigenvalue weighted by Gasteiger charge is -2.17. The molecule has 0 radical (unpaired) electrons. The van der Waals surface area contributed by atoms with Gasteiger partial charge in [0.05, 0.1) is 33.7 Å². The van der Waals surface area contributed by atoms with Crippen LogP contribution in [0.4, 0.5) is 5.69 Å². The van der Waals surface area contributed by atoms with E-state index in [4.69, 9.17) is 4.42 Å². The lowest BCUT2D eigenvalue weighted by molar-refractivity contribution is 0.557. The summed E-state index contributed by atoms with van der Waals surface area (Å²) in [4.78, 5) is 0. The Bertz CT molecular complexity index is 1840. The third-order valence-electron chi connectivity index (χ3n) is 7.52. The Balaban J connectivity index is 1.44. The number of furan rings is 1. The van der Waals surface area contributed by atoms with Crippen molar-refractivity contribution in [2.75, 3.05) is 12.4 Å². The van der Waals surface area contributed by atoms with E-state index >= 15 is 0 Å². The van der Waals surface area contributed by atoms with E-state index in [0.29, 0.717) is 5.92 Å². The fraction of sp³-hybridized carbons (Fsp3) is 0.0625. The summed E-state index contributed by atoms with van der Waals surface area (Å²) in [6, 6.07) is 30.4. The molecule has 0 saturated heterocycles. The summed E-state index contributed by atoms with van der Waals surface area (Å²) in [5.74, 6) is 1.42. The monoisotopic (exact) mass is 450 g/mol. The van der Waals surface area contributed by atoms with E-state index in [-0.39, 0.29) is 0 Å². The van der Waals surface area contributed by atoms with Gasteiger partial charge in [-0.3, -0.25) is 0 Å². The van der Waals surface area contributed by atoms with Crippen molar-refractivity contribution in [3.05, 3.63) is 114 Å². The minimum Gasteiger partial charge on any atom is -0.459 e. The molecular formula is C32H22N2O. The maximum Gasteiger partial charge on any atom is 0.137 e. The third-order valence-corrected chi connectivity index (χ3v) is 7.52. The number of allylic oxidation sites excluding steroid dienone is 3. The van der Waals surface area contributed by atoms with Gasteiger partial charge in [-0.05, 0) is 35.9 Å². The van der Waals surface area contributed by atoms with Crippen molar-refractivity contribution in [2.45, 2.75) is 5.92 Å². The van der Waals surface area contributed by atoms with Crippen LogP contribution in [0, 0.1) is 0 Å². The Morgan fingerprint density at radius 3 is 2.23 bits per heavy atom. The van der Waals surface area contributed by atoms with Crippen LogP contribution < -0.4 is 5.32 Å². The number of nitrogens with zero attached hydrogens (tertiary/aromatic N) is 1. The number of rotatable bonds is 3. The lowest BCUT2D eigenvalue weighted by Crippen LogP contribution is -2.00. The first-order chi connectivity index (χ1) is 17.3. The summed E-state index contributed by atoms with van der Waals surface area (Å²) in [6.45, 7) is 0. The van der Waals surface area contributed by atoms with E-state index in [1.54, 1.807) is 0 Å². The summed E-state index contributed by atoms with van der Waals surface area (Å²) < 4.78 is 8.74. The summed E-state index contributed by atoms with van der Waals surface area (Å²) in [5, 5.41) is 7.22. The second kappa shape index (κ2) is 6.77. The fourth-order valence-corrected chi connectivity index (χ4v) is 5.90. The largest absolute Gasteiger partial charge is 0.459 e. The van der Waals surface area contributed by atoms with Gasteiger partial charge in [-0.15, -0.1) is 0 Å². The van der Waals surface area contributed by atoms with Crippen LogP contribution in [-0.4, -0.2) is 11.6 Å². The molecule has 2 aliphatic rings. The zero-order valence-corrected chi connectivity index (χ0v) is 19.2. The van der Waals surface area contributed by atoms with Crippen LogP contribution in [0.25, 0.3) is 55.7 Å². The number of fused-ring (bicyclic) bond motifs is 8. The smallest absolute Gasteiger partial charge is 0.137 e. The van der Waals surface area contributed by atoms with Crippen LogP contribution in [0.3, 0.4) is 0 Å². The number of hydrogen-bond acceptors (Lipinski definition) is 2. The second-order valence-electron chi connectivity index (χ2n) is 9.36. The van der Waals surface area contributed by atoms with Gasteiger partial charge in [-0.1, -0.05) is 72.8 Å². The molecule has 1 atom stereocenters. The van der Waals surface area contributed by atoms with Crippen LogP contribution >= 0.6 is 0 Å². The number of nitrogens with one attached hydrogen (secondary N) is 1. The highest BCUT2D eigenvalue weighted by atomic mass is 16.3. The molecule has 2 aliphatic carbocycles. The van der Waals surface area contributed by atoms with Gasteiger partial charge in [0.15, 0.2) is 0 Å². The standard InChI is InChI=1S/C32H22N2O/c1-33-31-23(16-17-29-30(31)24-15-14-19-18-25(19)32(24)35-29)22-10-4-7-13-28(22)34-26-11-5-2-8-20(26)21-9-3-6-12-27(21)34/h2-18,25,33H,1H3. The lowest BCUT2D eigenvalue weighted by atomic mass is 9.95. The van der Waals surface area contributed by atoms with E-state index in [0.717, 1.165) is 22.4 Å². The molecule has 4 aromatic carbocycles. The molecule has 3 heteroatoms. The van der Waals surface area contributed by atoms with Gasteiger partial charge in [0, 0.05) is 34.5 Å². The average molecular weight is 451 g/mol. The minimum atomic E-state index is 0.348. The molecule has 6 aromatic rings. The van der Waals surface area contributed by atoms with Crippen molar-refractivity contribution in [3.63, 3.8) is 0 Å². The van der Waals surface area contributed by atoms with Gasteiger partial charge < -0.3 is 14.3 Å². The Hall–Kier alpha value is -4.50. The number of aromatic nitrogens is 1. The van der Waals surface area contributed by atoms with E-state index in [1.165, 1.54) is 49.8 Å². The first-order valence-corrected chi connectivity index (χ1v) is 12.1. The normalized spacial score (nSPS) is 15.9. The Morgan fingerprint density at radius 1 is 0.743 bits per heavy atom.